The highest BCUT2D eigenvalue weighted by molar-refractivity contribution is 7.00. The SMILES string of the molecule is c1ccc(-c2cc(-c3ccccc3)cc(N3c4cc(-c5ncncn5)cc5c4B(c4ccc6ccccc6c43)c3ccc4ccccc4c3N5c3cc(-c4ccccc4)cc(-c4ccccc4)c3)c2)cc1. The molecule has 2 aliphatic rings. The molecule has 0 atom stereocenters. The van der Waals surface area contributed by atoms with Crippen LogP contribution in [-0.2, 0) is 0 Å². The van der Waals surface area contributed by atoms with Crippen LogP contribution in [0.3, 0.4) is 0 Å². The van der Waals surface area contributed by atoms with E-state index in [2.05, 4.69) is 257 Å². The first-order valence-electron chi connectivity index (χ1n) is 24.2. The first kappa shape index (κ1) is 40.7. The molecule has 0 saturated heterocycles. The highest BCUT2D eigenvalue weighted by Crippen LogP contribution is 2.50. The second kappa shape index (κ2) is 16.7. The Balaban J connectivity index is 1.14. The summed E-state index contributed by atoms with van der Waals surface area (Å²) in [4.78, 5) is 19.1. The largest absolute Gasteiger partial charge is 0.311 e. The minimum atomic E-state index is -0.129. The number of fused-ring (bicyclic) bond motifs is 8. The average Bonchev–Trinajstić information content (AvgIpc) is 3.45. The summed E-state index contributed by atoms with van der Waals surface area (Å²) in [5.74, 6) is 0.606. The van der Waals surface area contributed by atoms with Crippen LogP contribution in [0, 0.1) is 0 Å². The lowest BCUT2D eigenvalue weighted by Crippen LogP contribution is -2.61. The molecule has 0 bridgehead atoms. The van der Waals surface area contributed by atoms with Gasteiger partial charge in [-0.25, -0.2) is 15.0 Å². The molecule has 0 unspecified atom stereocenters. The summed E-state index contributed by atoms with van der Waals surface area (Å²) in [7, 11) is 0. The quantitative estimate of drug-likeness (QED) is 0.149. The van der Waals surface area contributed by atoms with Crippen molar-refractivity contribution in [2.75, 3.05) is 9.80 Å². The van der Waals surface area contributed by atoms with E-state index in [-0.39, 0.29) is 6.71 Å². The molecular weight excluding hydrogens is 862 g/mol. The van der Waals surface area contributed by atoms with E-state index in [0.29, 0.717) is 5.82 Å². The number of hydrogen-bond acceptors (Lipinski definition) is 5. The fourth-order valence-corrected chi connectivity index (χ4v) is 11.2. The van der Waals surface area contributed by atoms with Gasteiger partial charge in [0.15, 0.2) is 5.82 Å². The molecule has 1 aromatic heterocycles. The van der Waals surface area contributed by atoms with Gasteiger partial charge < -0.3 is 9.80 Å². The molecule has 6 heteroatoms. The van der Waals surface area contributed by atoms with Gasteiger partial charge in [-0.2, -0.15) is 0 Å². The third-order valence-corrected chi connectivity index (χ3v) is 14.4. The van der Waals surface area contributed by atoms with Crippen molar-refractivity contribution in [2.45, 2.75) is 0 Å². The highest BCUT2D eigenvalue weighted by Gasteiger charge is 2.45. The van der Waals surface area contributed by atoms with E-state index in [9.17, 15) is 0 Å². The molecule has 3 heterocycles. The maximum absolute atomic E-state index is 4.85. The van der Waals surface area contributed by atoms with Crippen molar-refractivity contribution in [3.8, 4) is 55.9 Å². The number of nitrogens with zero attached hydrogens (tertiary/aromatic N) is 5. The van der Waals surface area contributed by atoms with Gasteiger partial charge in [0, 0.05) is 50.5 Å². The summed E-state index contributed by atoms with van der Waals surface area (Å²) in [5.41, 5.74) is 20.3. The molecule has 0 saturated carbocycles. The zero-order chi connectivity index (χ0) is 46.8. The van der Waals surface area contributed by atoms with Gasteiger partial charge in [-0.15, -0.1) is 0 Å². The molecule has 0 amide bonds. The molecule has 0 aliphatic carbocycles. The van der Waals surface area contributed by atoms with Gasteiger partial charge in [-0.1, -0.05) is 194 Å². The number of anilines is 6. The summed E-state index contributed by atoms with van der Waals surface area (Å²) in [6.07, 6.45) is 3.20. The first-order chi connectivity index (χ1) is 35.2. The van der Waals surface area contributed by atoms with Crippen LogP contribution in [0.1, 0.15) is 0 Å². The lowest BCUT2D eigenvalue weighted by atomic mass is 9.33. The number of rotatable bonds is 7. The van der Waals surface area contributed by atoms with E-state index in [1.807, 2.05) is 0 Å². The molecule has 0 spiro atoms. The maximum atomic E-state index is 4.85. The van der Waals surface area contributed by atoms with Crippen LogP contribution in [0.15, 0.2) is 255 Å². The molecule has 2 aliphatic heterocycles. The van der Waals surface area contributed by atoms with Gasteiger partial charge in [-0.3, -0.25) is 0 Å². The molecule has 5 nitrogen and oxygen atoms in total. The first-order valence-corrected chi connectivity index (χ1v) is 24.2. The number of hydrogen-bond donors (Lipinski definition) is 0. The zero-order valence-electron chi connectivity index (χ0n) is 38.6. The summed E-state index contributed by atoms with van der Waals surface area (Å²) < 4.78 is 0. The molecule has 12 aromatic rings. The molecule has 0 fully saturated rings. The monoisotopic (exact) mass is 903 g/mol. The minimum Gasteiger partial charge on any atom is -0.311 e. The summed E-state index contributed by atoms with van der Waals surface area (Å²) in [6.45, 7) is -0.129. The fourth-order valence-electron chi connectivity index (χ4n) is 11.2. The lowest BCUT2D eigenvalue weighted by molar-refractivity contribution is 1.06. The highest BCUT2D eigenvalue weighted by atomic mass is 15.2. The smallest absolute Gasteiger partial charge is 0.252 e. The summed E-state index contributed by atoms with van der Waals surface area (Å²) >= 11 is 0. The third-order valence-electron chi connectivity index (χ3n) is 14.4. The fraction of sp³-hybridized carbons (Fsp3) is 0. The Morgan fingerprint density at radius 2 is 0.676 bits per heavy atom. The molecule has 11 aromatic carbocycles. The summed E-state index contributed by atoms with van der Waals surface area (Å²) in [6, 6.07) is 88.9. The van der Waals surface area contributed by atoms with Crippen LogP contribution in [-0.4, -0.2) is 21.7 Å². The number of aromatic nitrogens is 3. The Morgan fingerprint density at radius 1 is 0.310 bits per heavy atom. The van der Waals surface area contributed by atoms with E-state index in [4.69, 9.17) is 9.97 Å². The lowest BCUT2D eigenvalue weighted by Gasteiger charge is -2.45. The van der Waals surface area contributed by atoms with E-state index >= 15 is 0 Å². The molecular formula is C65H42BN5. The predicted octanol–water partition coefficient (Wildman–Crippen LogP) is 14.6. The normalized spacial score (nSPS) is 12.4. The Hall–Kier alpha value is -9.39. The third kappa shape index (κ3) is 6.83. The van der Waals surface area contributed by atoms with Crippen molar-refractivity contribution in [1.29, 1.82) is 0 Å². The topological polar surface area (TPSA) is 45.2 Å². The van der Waals surface area contributed by atoms with Crippen molar-refractivity contribution in [3.63, 3.8) is 0 Å². The molecule has 71 heavy (non-hydrogen) atoms. The van der Waals surface area contributed by atoms with E-state index < -0.39 is 0 Å². The van der Waals surface area contributed by atoms with E-state index in [1.165, 1.54) is 37.9 Å². The standard InChI is InChI=1S/C65H42BN5/c1-5-17-43(18-6-1)49-33-50(44-19-7-2-8-20-44)36-54(35-49)70-60-39-53(65-68-41-67-42-69-65)40-61-62(60)66(58-31-29-47-25-13-15-27-56(47)63(58)70)59-32-30-48-26-14-16-28-57(48)64(59)71(61)55-37-51(45-21-9-3-10-22-45)34-52(38-55)46-23-11-4-12-24-46/h1-42H. The van der Waals surface area contributed by atoms with Crippen LogP contribution in [0.25, 0.3) is 77.4 Å². The van der Waals surface area contributed by atoms with Crippen molar-refractivity contribution >= 4 is 78.8 Å². The number of benzene rings is 11. The van der Waals surface area contributed by atoms with Crippen LogP contribution in [0.4, 0.5) is 34.1 Å². The van der Waals surface area contributed by atoms with Crippen LogP contribution in [0.5, 0.6) is 0 Å². The van der Waals surface area contributed by atoms with Gasteiger partial charge in [0.05, 0.1) is 0 Å². The molecule has 0 radical (unpaired) electrons. The van der Waals surface area contributed by atoms with Gasteiger partial charge in [0.2, 0.25) is 0 Å². The second-order valence-electron chi connectivity index (χ2n) is 18.4. The Kier molecular flexibility index (Phi) is 9.56. The van der Waals surface area contributed by atoms with Crippen LogP contribution < -0.4 is 26.2 Å². The Bertz CT molecular complexity index is 3640. The second-order valence-corrected chi connectivity index (χ2v) is 18.4. The van der Waals surface area contributed by atoms with Gasteiger partial charge in [0.1, 0.15) is 12.7 Å². The molecule has 330 valence electrons. The maximum Gasteiger partial charge on any atom is 0.252 e. The van der Waals surface area contributed by atoms with Gasteiger partial charge in [-0.05, 0) is 120 Å². The zero-order valence-corrected chi connectivity index (χ0v) is 38.6. The minimum absolute atomic E-state index is 0.129. The van der Waals surface area contributed by atoms with Gasteiger partial charge in [0.25, 0.3) is 6.71 Å². The van der Waals surface area contributed by atoms with Crippen molar-refractivity contribution < 1.29 is 0 Å². The van der Waals surface area contributed by atoms with E-state index in [1.54, 1.807) is 12.7 Å². The van der Waals surface area contributed by atoms with Crippen molar-refractivity contribution in [1.82, 2.24) is 15.0 Å². The molecule has 0 N–H and O–H groups in total. The molecule has 14 rings (SSSR count). The predicted molar refractivity (Wildman–Crippen MR) is 296 cm³/mol. The Morgan fingerprint density at radius 3 is 1.07 bits per heavy atom. The summed E-state index contributed by atoms with van der Waals surface area (Å²) in [5, 5.41) is 4.72. The average molecular weight is 904 g/mol. The van der Waals surface area contributed by atoms with Crippen LogP contribution >= 0.6 is 0 Å². The van der Waals surface area contributed by atoms with E-state index in [0.717, 1.165) is 84.2 Å². The Labute approximate surface area is 412 Å². The van der Waals surface area contributed by atoms with Crippen LogP contribution in [0.2, 0.25) is 0 Å². The van der Waals surface area contributed by atoms with Gasteiger partial charge >= 0.3 is 0 Å². The van der Waals surface area contributed by atoms with Crippen molar-refractivity contribution in [3.05, 3.63) is 255 Å². The van der Waals surface area contributed by atoms with Crippen molar-refractivity contribution in [2.24, 2.45) is 0 Å².